The number of aromatic nitrogens is 2. The highest BCUT2D eigenvalue weighted by molar-refractivity contribution is 5.33. The third-order valence-electron chi connectivity index (χ3n) is 0.922. The van der Waals surface area contributed by atoms with E-state index in [2.05, 4.69) is 20.2 Å². The Morgan fingerprint density at radius 1 is 1.70 bits per heavy atom. The molecule has 5 heteroatoms. The van der Waals surface area contributed by atoms with Crippen molar-refractivity contribution in [1.82, 2.24) is 10.2 Å². The van der Waals surface area contributed by atoms with Crippen LogP contribution in [0.2, 0.25) is 0 Å². The SMILES string of the molecule is Cc1cc(N=[N+]=[N-])cnn1. The van der Waals surface area contributed by atoms with E-state index >= 15 is 0 Å². The minimum Gasteiger partial charge on any atom is -0.158 e. The molecule has 0 N–H and O–H groups in total. The van der Waals surface area contributed by atoms with Crippen molar-refractivity contribution in [2.24, 2.45) is 5.11 Å². The Hall–Kier alpha value is -1.61. The Bertz CT molecular complexity index is 275. The van der Waals surface area contributed by atoms with Crippen molar-refractivity contribution in [3.63, 3.8) is 0 Å². The Labute approximate surface area is 57.3 Å². The highest BCUT2D eigenvalue weighted by atomic mass is 15.2. The molecule has 0 amide bonds. The molecule has 0 fully saturated rings. The fourth-order valence-corrected chi connectivity index (χ4v) is 0.566. The van der Waals surface area contributed by atoms with Gasteiger partial charge < -0.3 is 0 Å². The zero-order chi connectivity index (χ0) is 7.40. The van der Waals surface area contributed by atoms with Crippen LogP contribution in [0, 0.1) is 6.92 Å². The lowest BCUT2D eigenvalue weighted by Crippen LogP contribution is -1.81. The second-order valence-electron chi connectivity index (χ2n) is 1.74. The van der Waals surface area contributed by atoms with Gasteiger partial charge in [-0.3, -0.25) is 0 Å². The van der Waals surface area contributed by atoms with Gasteiger partial charge in [0.1, 0.15) is 0 Å². The molecular formula is C5H5N5. The minimum atomic E-state index is 0.495. The molecule has 5 nitrogen and oxygen atoms in total. The smallest absolute Gasteiger partial charge is 0.0604 e. The average molecular weight is 135 g/mol. The van der Waals surface area contributed by atoms with Gasteiger partial charge in [-0.15, -0.1) is 0 Å². The van der Waals surface area contributed by atoms with E-state index in [9.17, 15) is 0 Å². The van der Waals surface area contributed by atoms with Gasteiger partial charge >= 0.3 is 0 Å². The number of hydrogen-bond donors (Lipinski definition) is 0. The number of nitrogens with zero attached hydrogens (tertiary/aromatic N) is 5. The van der Waals surface area contributed by atoms with Gasteiger partial charge in [0.15, 0.2) is 0 Å². The molecule has 0 atom stereocenters. The monoisotopic (exact) mass is 135 g/mol. The highest BCUT2D eigenvalue weighted by Gasteiger charge is 1.88. The minimum absolute atomic E-state index is 0.495. The van der Waals surface area contributed by atoms with Crippen molar-refractivity contribution in [2.45, 2.75) is 6.92 Å². The lowest BCUT2D eigenvalue weighted by molar-refractivity contribution is 0.978. The van der Waals surface area contributed by atoms with E-state index in [4.69, 9.17) is 5.53 Å². The largest absolute Gasteiger partial charge is 0.158 e. The quantitative estimate of drug-likeness (QED) is 0.334. The first-order valence-corrected chi connectivity index (χ1v) is 2.67. The molecule has 1 heterocycles. The lowest BCUT2D eigenvalue weighted by atomic mass is 10.4. The molecule has 50 valence electrons. The predicted molar refractivity (Wildman–Crippen MR) is 35.6 cm³/mol. The van der Waals surface area contributed by atoms with Crippen LogP contribution in [-0.2, 0) is 0 Å². The Kier molecular flexibility index (Phi) is 1.82. The molecule has 0 radical (unpaired) electrons. The third kappa shape index (κ3) is 1.43. The van der Waals surface area contributed by atoms with Crippen molar-refractivity contribution in [3.05, 3.63) is 28.4 Å². The first-order chi connectivity index (χ1) is 4.83. The molecule has 1 aromatic rings. The fraction of sp³-hybridized carbons (Fsp3) is 0.200. The Morgan fingerprint density at radius 2 is 2.50 bits per heavy atom. The summed E-state index contributed by atoms with van der Waals surface area (Å²) in [5.74, 6) is 0. The molecule has 0 bridgehead atoms. The van der Waals surface area contributed by atoms with Gasteiger partial charge in [-0.1, -0.05) is 5.11 Å². The zero-order valence-electron chi connectivity index (χ0n) is 5.39. The van der Waals surface area contributed by atoms with Crippen LogP contribution < -0.4 is 0 Å². The van der Waals surface area contributed by atoms with E-state index in [0.717, 1.165) is 5.69 Å². The summed E-state index contributed by atoms with van der Waals surface area (Å²) in [5, 5.41) is 10.6. The van der Waals surface area contributed by atoms with Gasteiger partial charge in [0, 0.05) is 4.91 Å². The summed E-state index contributed by atoms with van der Waals surface area (Å²) in [7, 11) is 0. The second-order valence-corrected chi connectivity index (χ2v) is 1.74. The molecule has 0 unspecified atom stereocenters. The fourth-order valence-electron chi connectivity index (χ4n) is 0.566. The summed E-state index contributed by atoms with van der Waals surface area (Å²) in [4.78, 5) is 2.60. The lowest BCUT2D eigenvalue weighted by Gasteiger charge is -1.88. The molecule has 0 saturated carbocycles. The normalized spacial score (nSPS) is 8.50. The second kappa shape index (κ2) is 2.80. The maximum atomic E-state index is 8.02. The van der Waals surface area contributed by atoms with Crippen molar-refractivity contribution in [2.75, 3.05) is 0 Å². The predicted octanol–water partition coefficient (Wildman–Crippen LogP) is 1.73. The summed E-state index contributed by atoms with van der Waals surface area (Å²) in [6.07, 6.45) is 1.41. The van der Waals surface area contributed by atoms with E-state index in [0.29, 0.717) is 5.69 Å². The van der Waals surface area contributed by atoms with Crippen LogP contribution in [0.15, 0.2) is 17.4 Å². The van der Waals surface area contributed by atoms with E-state index in [1.54, 1.807) is 13.0 Å². The average Bonchev–Trinajstić information content (AvgIpc) is 1.88. The molecule has 0 aromatic carbocycles. The molecule has 0 aliphatic heterocycles. The summed E-state index contributed by atoms with van der Waals surface area (Å²) in [5.41, 5.74) is 9.26. The van der Waals surface area contributed by atoms with Crippen LogP contribution in [0.5, 0.6) is 0 Å². The van der Waals surface area contributed by atoms with Crippen molar-refractivity contribution in [3.8, 4) is 0 Å². The molecule has 0 aliphatic carbocycles. The van der Waals surface area contributed by atoms with E-state index in [1.807, 2.05) is 0 Å². The van der Waals surface area contributed by atoms with Crippen LogP contribution >= 0.6 is 0 Å². The van der Waals surface area contributed by atoms with Gasteiger partial charge in [-0.2, -0.15) is 10.2 Å². The molecule has 1 aromatic heterocycles. The Balaban J connectivity index is 3.06. The first kappa shape index (κ1) is 6.51. The van der Waals surface area contributed by atoms with Gasteiger partial charge in [0.05, 0.1) is 17.6 Å². The summed E-state index contributed by atoms with van der Waals surface area (Å²) < 4.78 is 0. The van der Waals surface area contributed by atoms with Crippen molar-refractivity contribution >= 4 is 5.69 Å². The molecular weight excluding hydrogens is 130 g/mol. The van der Waals surface area contributed by atoms with Crippen LogP contribution in [-0.4, -0.2) is 10.2 Å². The maximum absolute atomic E-state index is 8.02. The van der Waals surface area contributed by atoms with Crippen molar-refractivity contribution < 1.29 is 0 Å². The number of hydrogen-bond acceptors (Lipinski definition) is 3. The van der Waals surface area contributed by atoms with Crippen LogP contribution in [0.4, 0.5) is 5.69 Å². The number of azide groups is 1. The first-order valence-electron chi connectivity index (χ1n) is 2.67. The highest BCUT2D eigenvalue weighted by Crippen LogP contribution is 2.08. The van der Waals surface area contributed by atoms with Gasteiger partial charge in [0.25, 0.3) is 0 Å². The van der Waals surface area contributed by atoms with E-state index < -0.39 is 0 Å². The van der Waals surface area contributed by atoms with Gasteiger partial charge in [-0.05, 0) is 18.5 Å². The number of aryl methyl sites for hydroxylation is 1. The van der Waals surface area contributed by atoms with Crippen LogP contribution in [0.25, 0.3) is 10.4 Å². The van der Waals surface area contributed by atoms with Crippen molar-refractivity contribution in [1.29, 1.82) is 0 Å². The molecule has 0 saturated heterocycles. The summed E-state index contributed by atoms with van der Waals surface area (Å²) in [6, 6.07) is 1.66. The topological polar surface area (TPSA) is 74.5 Å². The molecule has 0 aliphatic rings. The molecule has 1 rings (SSSR count). The molecule has 0 spiro atoms. The van der Waals surface area contributed by atoms with Gasteiger partial charge in [0.2, 0.25) is 0 Å². The third-order valence-corrected chi connectivity index (χ3v) is 0.922. The van der Waals surface area contributed by atoms with Crippen LogP contribution in [0.1, 0.15) is 5.69 Å². The number of rotatable bonds is 1. The maximum Gasteiger partial charge on any atom is 0.0604 e. The van der Waals surface area contributed by atoms with E-state index in [1.165, 1.54) is 6.20 Å². The van der Waals surface area contributed by atoms with Gasteiger partial charge in [-0.25, -0.2) is 0 Å². The Morgan fingerprint density at radius 3 is 3.10 bits per heavy atom. The van der Waals surface area contributed by atoms with Crippen LogP contribution in [0.3, 0.4) is 0 Å². The summed E-state index contributed by atoms with van der Waals surface area (Å²) in [6.45, 7) is 1.78. The standard InChI is InChI=1S/C5H5N5/c1-4-2-5(9-10-6)3-7-8-4/h2-3H,1H3. The van der Waals surface area contributed by atoms with E-state index in [-0.39, 0.29) is 0 Å². The summed E-state index contributed by atoms with van der Waals surface area (Å²) >= 11 is 0. The molecule has 10 heavy (non-hydrogen) atoms. The zero-order valence-corrected chi connectivity index (χ0v) is 5.39.